The highest BCUT2D eigenvalue weighted by molar-refractivity contribution is 6.31. The molecule has 0 amide bonds. The van der Waals surface area contributed by atoms with E-state index in [0.29, 0.717) is 0 Å². The maximum atomic E-state index is 5.10. The fourth-order valence-electron chi connectivity index (χ4n) is 9.13. The minimum absolute atomic E-state index is 0.233. The Balaban J connectivity index is 1.31. The van der Waals surface area contributed by atoms with Gasteiger partial charge in [-0.15, -0.1) is 0 Å². The number of hydrogen-bond donors (Lipinski definition) is 0. The van der Waals surface area contributed by atoms with Crippen LogP contribution in [0.1, 0.15) is 25.0 Å². The predicted octanol–water partition coefficient (Wildman–Crippen LogP) is 12.3. The first kappa shape index (κ1) is 29.9. The van der Waals surface area contributed by atoms with Crippen LogP contribution in [0.2, 0.25) is 0 Å². The number of hydrogen-bond acceptors (Lipinski definition) is 2. The van der Waals surface area contributed by atoms with E-state index in [1.165, 1.54) is 65.9 Å². The van der Waals surface area contributed by atoms with Gasteiger partial charge in [-0.2, -0.15) is 0 Å². The van der Waals surface area contributed by atoms with Crippen molar-refractivity contribution in [1.82, 2.24) is 19.1 Å². The van der Waals surface area contributed by atoms with Crippen molar-refractivity contribution < 1.29 is 0 Å². The molecule has 0 radical (unpaired) electrons. The van der Waals surface area contributed by atoms with E-state index in [-0.39, 0.29) is 5.41 Å². The molecule has 4 heteroatoms. The molecule has 4 nitrogen and oxygen atoms in total. The summed E-state index contributed by atoms with van der Waals surface area (Å²) in [6.07, 6.45) is 1.82. The molecule has 0 aliphatic heterocycles. The van der Waals surface area contributed by atoms with E-state index in [1.807, 2.05) is 30.5 Å². The van der Waals surface area contributed by atoms with Crippen molar-refractivity contribution in [2.75, 3.05) is 0 Å². The summed E-state index contributed by atoms with van der Waals surface area (Å²) in [5, 5.41) is 5.09. The van der Waals surface area contributed by atoms with E-state index >= 15 is 0 Å². The standard InChI is InChI=1S/C49H34N4/c1-49(2)37-23-9-6-20-34(37)43-46(49)44-35-21-7-10-27-41(35)53(33-19-14-16-31(30-33)38-25-15-26-40(51-38)39-24-12-13-29-50-39)48(44)45-36-22-8-11-28-42(36)52(47(43)45)32-17-4-3-5-18-32/h3-30H,1-2H3. The smallest absolute Gasteiger partial charge is 0.0893 e. The normalized spacial score (nSPS) is 13.2. The molecular formula is C49H34N4. The second-order valence-corrected chi connectivity index (χ2v) is 14.6. The van der Waals surface area contributed by atoms with Crippen LogP contribution in [0.4, 0.5) is 0 Å². The Morgan fingerprint density at radius 2 is 1.11 bits per heavy atom. The van der Waals surface area contributed by atoms with E-state index in [1.54, 1.807) is 0 Å². The lowest BCUT2D eigenvalue weighted by atomic mass is 9.80. The number of para-hydroxylation sites is 3. The van der Waals surface area contributed by atoms with Gasteiger partial charge in [0.05, 0.1) is 39.1 Å². The van der Waals surface area contributed by atoms with E-state index in [0.717, 1.165) is 34.0 Å². The zero-order valence-corrected chi connectivity index (χ0v) is 29.5. The zero-order chi connectivity index (χ0) is 35.3. The predicted molar refractivity (Wildman–Crippen MR) is 219 cm³/mol. The minimum atomic E-state index is -0.233. The van der Waals surface area contributed by atoms with Crippen LogP contribution in [0.25, 0.3) is 88.8 Å². The zero-order valence-electron chi connectivity index (χ0n) is 29.5. The molecule has 0 fully saturated rings. The van der Waals surface area contributed by atoms with Crippen molar-refractivity contribution in [3.63, 3.8) is 0 Å². The number of aromatic nitrogens is 4. The van der Waals surface area contributed by atoms with Gasteiger partial charge in [-0.1, -0.05) is 117 Å². The van der Waals surface area contributed by atoms with Crippen molar-refractivity contribution in [2.24, 2.45) is 0 Å². The maximum Gasteiger partial charge on any atom is 0.0893 e. The lowest BCUT2D eigenvalue weighted by Gasteiger charge is -2.23. The molecule has 0 saturated heterocycles. The molecule has 0 spiro atoms. The lowest BCUT2D eigenvalue weighted by molar-refractivity contribution is 0.667. The van der Waals surface area contributed by atoms with Crippen LogP contribution in [0.3, 0.4) is 0 Å². The largest absolute Gasteiger partial charge is 0.309 e. The Bertz CT molecular complexity index is 3080. The van der Waals surface area contributed by atoms with Gasteiger partial charge in [0.25, 0.3) is 0 Å². The summed E-state index contributed by atoms with van der Waals surface area (Å²) in [7, 11) is 0. The Morgan fingerprint density at radius 3 is 1.91 bits per heavy atom. The van der Waals surface area contributed by atoms with Crippen molar-refractivity contribution >= 4 is 43.6 Å². The molecule has 0 atom stereocenters. The molecular weight excluding hydrogens is 645 g/mol. The van der Waals surface area contributed by atoms with Gasteiger partial charge < -0.3 is 9.13 Å². The Kier molecular flexibility index (Phi) is 6.27. The van der Waals surface area contributed by atoms with Crippen LogP contribution in [0, 0.1) is 0 Å². The number of nitrogens with zero attached hydrogens (tertiary/aromatic N) is 4. The van der Waals surface area contributed by atoms with Crippen LogP contribution in [0.5, 0.6) is 0 Å². The van der Waals surface area contributed by atoms with Gasteiger partial charge in [-0.05, 0) is 77.4 Å². The minimum Gasteiger partial charge on any atom is -0.309 e. The molecule has 250 valence electrons. The summed E-state index contributed by atoms with van der Waals surface area (Å²) in [5.74, 6) is 0. The molecule has 1 aliphatic rings. The third-order valence-electron chi connectivity index (χ3n) is 11.3. The SMILES string of the molecule is CC1(C)c2ccccc2-c2c1c1c3ccccc3n(-c3cccc(-c4cccc(-c5ccccn5)n4)c3)c1c1c3ccccc3n(-c3ccccc3)c21. The third-order valence-corrected chi connectivity index (χ3v) is 11.3. The highest BCUT2D eigenvalue weighted by Crippen LogP contribution is 2.58. The fourth-order valence-corrected chi connectivity index (χ4v) is 9.13. The first-order valence-corrected chi connectivity index (χ1v) is 18.3. The number of benzene rings is 6. The van der Waals surface area contributed by atoms with Crippen molar-refractivity contribution in [3.05, 3.63) is 181 Å². The second-order valence-electron chi connectivity index (χ2n) is 14.6. The molecule has 53 heavy (non-hydrogen) atoms. The first-order valence-electron chi connectivity index (χ1n) is 18.3. The highest BCUT2D eigenvalue weighted by atomic mass is 15.0. The van der Waals surface area contributed by atoms with E-state index in [9.17, 15) is 0 Å². The van der Waals surface area contributed by atoms with E-state index in [2.05, 4.69) is 167 Å². The van der Waals surface area contributed by atoms with Crippen LogP contribution in [-0.4, -0.2) is 19.1 Å². The van der Waals surface area contributed by atoms with Crippen molar-refractivity contribution in [3.8, 4) is 45.1 Å². The number of pyridine rings is 2. The molecule has 0 N–H and O–H groups in total. The van der Waals surface area contributed by atoms with Gasteiger partial charge in [-0.3, -0.25) is 4.98 Å². The highest BCUT2D eigenvalue weighted by Gasteiger charge is 2.41. The molecule has 10 aromatic rings. The summed E-state index contributed by atoms with van der Waals surface area (Å²) in [5.41, 5.74) is 16.0. The monoisotopic (exact) mass is 678 g/mol. The Labute approximate surface area is 307 Å². The summed E-state index contributed by atoms with van der Waals surface area (Å²) in [4.78, 5) is 9.68. The van der Waals surface area contributed by atoms with E-state index in [4.69, 9.17) is 4.98 Å². The van der Waals surface area contributed by atoms with Gasteiger partial charge in [-0.25, -0.2) is 4.98 Å². The fraction of sp³-hybridized carbons (Fsp3) is 0.0612. The molecule has 4 heterocycles. The van der Waals surface area contributed by atoms with Crippen LogP contribution in [-0.2, 0) is 5.41 Å². The molecule has 0 bridgehead atoms. The molecule has 0 unspecified atom stereocenters. The quantitative estimate of drug-likeness (QED) is 0.186. The molecule has 11 rings (SSSR count). The molecule has 4 aromatic heterocycles. The average molecular weight is 679 g/mol. The van der Waals surface area contributed by atoms with Gasteiger partial charge in [0.2, 0.25) is 0 Å². The number of rotatable bonds is 4. The van der Waals surface area contributed by atoms with Gasteiger partial charge in [0.15, 0.2) is 0 Å². The maximum absolute atomic E-state index is 5.10. The molecule has 6 aromatic carbocycles. The van der Waals surface area contributed by atoms with Gasteiger partial charge in [0.1, 0.15) is 0 Å². The van der Waals surface area contributed by atoms with Gasteiger partial charge in [0, 0.05) is 55.7 Å². The summed E-state index contributed by atoms with van der Waals surface area (Å²) in [6, 6.07) is 58.8. The average Bonchev–Trinajstić information content (AvgIpc) is 3.82. The summed E-state index contributed by atoms with van der Waals surface area (Å²) >= 11 is 0. The van der Waals surface area contributed by atoms with Crippen LogP contribution < -0.4 is 0 Å². The summed E-state index contributed by atoms with van der Waals surface area (Å²) < 4.78 is 5.02. The van der Waals surface area contributed by atoms with Crippen LogP contribution in [0.15, 0.2) is 170 Å². The lowest BCUT2D eigenvalue weighted by Crippen LogP contribution is -2.15. The molecule has 0 saturated carbocycles. The van der Waals surface area contributed by atoms with Crippen molar-refractivity contribution in [2.45, 2.75) is 19.3 Å². The van der Waals surface area contributed by atoms with Crippen LogP contribution >= 0.6 is 0 Å². The van der Waals surface area contributed by atoms with E-state index < -0.39 is 0 Å². The third kappa shape index (κ3) is 4.18. The topological polar surface area (TPSA) is 35.6 Å². The molecule has 1 aliphatic carbocycles. The van der Waals surface area contributed by atoms with Crippen molar-refractivity contribution in [1.29, 1.82) is 0 Å². The summed E-state index contributed by atoms with van der Waals surface area (Å²) in [6.45, 7) is 4.82. The number of fused-ring (bicyclic) bond motifs is 12. The Hall–Kier alpha value is -6.78. The second kappa shape index (κ2) is 11.1. The first-order chi connectivity index (χ1) is 26.1. The van der Waals surface area contributed by atoms with Gasteiger partial charge >= 0.3 is 0 Å². The Morgan fingerprint density at radius 1 is 0.491 bits per heavy atom.